The molecule has 1 fully saturated rings. The second-order valence-electron chi connectivity index (χ2n) is 8.61. The summed E-state index contributed by atoms with van der Waals surface area (Å²) in [4.78, 5) is 15.5. The number of methoxy groups -OCH3 is 1. The molecule has 8 heteroatoms. The van der Waals surface area contributed by atoms with Gasteiger partial charge in [-0.05, 0) is 62.4 Å². The van der Waals surface area contributed by atoms with E-state index in [4.69, 9.17) is 4.74 Å². The molecule has 1 aromatic rings. The molecular weight excluding hydrogens is 402 g/mol. The number of benzene rings is 1. The van der Waals surface area contributed by atoms with Crippen molar-refractivity contribution < 1.29 is 17.9 Å². The van der Waals surface area contributed by atoms with Crippen LogP contribution in [0.15, 0.2) is 23.1 Å². The van der Waals surface area contributed by atoms with Crippen molar-refractivity contribution in [3.05, 3.63) is 29.3 Å². The smallest absolute Gasteiger partial charge is 0.251 e. The van der Waals surface area contributed by atoms with E-state index in [1.54, 1.807) is 6.07 Å². The number of hydrogen-bond donors (Lipinski definition) is 2. The average Bonchev–Trinajstić information content (AvgIpc) is 2.69. The summed E-state index contributed by atoms with van der Waals surface area (Å²) in [6.45, 7) is 11.6. The van der Waals surface area contributed by atoms with Crippen molar-refractivity contribution in [2.75, 3.05) is 39.9 Å². The van der Waals surface area contributed by atoms with Crippen LogP contribution in [0.4, 0.5) is 0 Å². The molecule has 0 bridgehead atoms. The molecule has 0 radical (unpaired) electrons. The lowest BCUT2D eigenvalue weighted by Crippen LogP contribution is -2.49. The molecule has 1 unspecified atom stereocenters. The van der Waals surface area contributed by atoms with Crippen LogP contribution in [0.2, 0.25) is 0 Å². The third-order valence-corrected chi connectivity index (χ3v) is 7.35. The number of amides is 1. The first kappa shape index (κ1) is 24.8. The SMILES string of the molecule is COCCNS(=O)(=O)c1ccc(C)c(C(=O)NCC(C(C)C)N2CCC(C)CC2)c1. The maximum Gasteiger partial charge on any atom is 0.251 e. The largest absolute Gasteiger partial charge is 0.383 e. The minimum absolute atomic E-state index is 0.0831. The minimum atomic E-state index is -3.69. The summed E-state index contributed by atoms with van der Waals surface area (Å²) in [5, 5.41) is 3.04. The molecule has 1 aliphatic rings. The van der Waals surface area contributed by atoms with E-state index in [0.717, 1.165) is 24.6 Å². The van der Waals surface area contributed by atoms with E-state index in [9.17, 15) is 13.2 Å². The fourth-order valence-corrected chi connectivity index (χ4v) is 4.85. The van der Waals surface area contributed by atoms with Gasteiger partial charge in [-0.25, -0.2) is 13.1 Å². The molecule has 170 valence electrons. The van der Waals surface area contributed by atoms with E-state index in [0.29, 0.717) is 18.0 Å². The Hall–Kier alpha value is -1.48. The Morgan fingerprint density at radius 2 is 1.93 bits per heavy atom. The van der Waals surface area contributed by atoms with Gasteiger partial charge < -0.3 is 10.1 Å². The summed E-state index contributed by atoms with van der Waals surface area (Å²) in [6.07, 6.45) is 2.37. The summed E-state index contributed by atoms with van der Waals surface area (Å²) in [6, 6.07) is 4.91. The number of hydrogen-bond acceptors (Lipinski definition) is 5. The fraction of sp³-hybridized carbons (Fsp3) is 0.682. The van der Waals surface area contributed by atoms with Gasteiger partial charge in [0.15, 0.2) is 0 Å². The highest BCUT2D eigenvalue weighted by Gasteiger charge is 2.26. The van der Waals surface area contributed by atoms with Crippen molar-refractivity contribution in [1.82, 2.24) is 14.9 Å². The summed E-state index contributed by atoms with van der Waals surface area (Å²) < 4.78 is 32.3. The Labute approximate surface area is 181 Å². The maximum atomic E-state index is 12.9. The summed E-state index contributed by atoms with van der Waals surface area (Å²) >= 11 is 0. The molecule has 1 heterocycles. The zero-order chi connectivity index (χ0) is 22.3. The first-order valence-electron chi connectivity index (χ1n) is 10.8. The normalized spacial score (nSPS) is 17.3. The van der Waals surface area contributed by atoms with E-state index in [-0.39, 0.29) is 30.0 Å². The zero-order valence-electron chi connectivity index (χ0n) is 18.9. The molecule has 1 aliphatic heterocycles. The number of piperidine rings is 1. The van der Waals surface area contributed by atoms with E-state index < -0.39 is 10.0 Å². The van der Waals surface area contributed by atoms with E-state index in [2.05, 4.69) is 35.7 Å². The van der Waals surface area contributed by atoms with Crippen LogP contribution in [-0.4, -0.2) is 65.2 Å². The van der Waals surface area contributed by atoms with Gasteiger partial charge in [0.2, 0.25) is 10.0 Å². The number of carbonyl (C=O) groups is 1. The quantitative estimate of drug-likeness (QED) is 0.547. The molecular formula is C22H37N3O4S. The van der Waals surface area contributed by atoms with Gasteiger partial charge in [0.25, 0.3) is 5.91 Å². The van der Waals surface area contributed by atoms with E-state index in [1.165, 1.54) is 32.1 Å². The lowest BCUT2D eigenvalue weighted by atomic mass is 9.94. The van der Waals surface area contributed by atoms with E-state index in [1.807, 2.05) is 6.92 Å². The lowest BCUT2D eigenvalue weighted by Gasteiger charge is -2.39. The molecule has 2 rings (SSSR count). The van der Waals surface area contributed by atoms with Crippen LogP contribution in [0.1, 0.15) is 49.5 Å². The number of sulfonamides is 1. The predicted octanol–water partition coefficient (Wildman–Crippen LogP) is 2.41. The van der Waals surface area contributed by atoms with Crippen LogP contribution >= 0.6 is 0 Å². The molecule has 1 amide bonds. The van der Waals surface area contributed by atoms with Gasteiger partial charge in [-0.3, -0.25) is 9.69 Å². The van der Waals surface area contributed by atoms with Gasteiger partial charge >= 0.3 is 0 Å². The van der Waals surface area contributed by atoms with Crippen LogP contribution in [0.5, 0.6) is 0 Å². The Morgan fingerprint density at radius 1 is 1.27 bits per heavy atom. The second kappa shape index (κ2) is 11.2. The third kappa shape index (κ3) is 6.77. The summed E-state index contributed by atoms with van der Waals surface area (Å²) in [7, 11) is -2.18. The molecule has 0 aliphatic carbocycles. The second-order valence-corrected chi connectivity index (χ2v) is 10.4. The molecule has 1 saturated heterocycles. The molecule has 0 saturated carbocycles. The standard InChI is InChI=1S/C22H37N3O4S/c1-16(2)21(25-11-8-17(3)9-12-25)15-23-22(26)20-14-19(7-6-18(20)4)30(27,28)24-10-13-29-5/h6-7,14,16-17,21,24H,8-13,15H2,1-5H3,(H,23,26). The molecule has 30 heavy (non-hydrogen) atoms. The number of likely N-dealkylation sites (tertiary alicyclic amines) is 1. The fourth-order valence-electron chi connectivity index (χ4n) is 3.81. The highest BCUT2D eigenvalue weighted by atomic mass is 32.2. The molecule has 7 nitrogen and oxygen atoms in total. The highest BCUT2D eigenvalue weighted by Crippen LogP contribution is 2.21. The summed E-state index contributed by atoms with van der Waals surface area (Å²) in [5.74, 6) is 0.933. The van der Waals surface area contributed by atoms with Gasteiger partial charge in [-0.2, -0.15) is 0 Å². The van der Waals surface area contributed by atoms with Crippen LogP contribution in [0, 0.1) is 18.8 Å². The monoisotopic (exact) mass is 439 g/mol. The Morgan fingerprint density at radius 3 is 2.53 bits per heavy atom. The zero-order valence-corrected chi connectivity index (χ0v) is 19.7. The molecule has 1 atom stereocenters. The molecule has 0 spiro atoms. The van der Waals surface area contributed by atoms with Crippen LogP contribution in [-0.2, 0) is 14.8 Å². The van der Waals surface area contributed by atoms with Gasteiger partial charge in [0.05, 0.1) is 11.5 Å². The maximum absolute atomic E-state index is 12.9. The van der Waals surface area contributed by atoms with Crippen molar-refractivity contribution >= 4 is 15.9 Å². The summed E-state index contributed by atoms with van der Waals surface area (Å²) in [5.41, 5.74) is 1.13. The van der Waals surface area contributed by atoms with Gasteiger partial charge in [0, 0.05) is 31.8 Å². The number of aryl methyl sites for hydroxylation is 1. The number of nitrogens with zero attached hydrogens (tertiary/aromatic N) is 1. The number of nitrogens with one attached hydrogen (secondary N) is 2. The number of rotatable bonds is 10. The average molecular weight is 440 g/mol. The van der Waals surface area contributed by atoms with Gasteiger partial charge in [0.1, 0.15) is 0 Å². The molecule has 1 aromatic carbocycles. The lowest BCUT2D eigenvalue weighted by molar-refractivity contribution is 0.0862. The topological polar surface area (TPSA) is 87.7 Å². The van der Waals surface area contributed by atoms with Crippen molar-refractivity contribution in [3.8, 4) is 0 Å². The predicted molar refractivity (Wildman–Crippen MR) is 119 cm³/mol. The van der Waals surface area contributed by atoms with Crippen LogP contribution in [0.3, 0.4) is 0 Å². The first-order valence-corrected chi connectivity index (χ1v) is 12.3. The van der Waals surface area contributed by atoms with Crippen molar-refractivity contribution in [1.29, 1.82) is 0 Å². The molecule has 2 N–H and O–H groups in total. The van der Waals surface area contributed by atoms with Gasteiger partial charge in [-0.15, -0.1) is 0 Å². The highest BCUT2D eigenvalue weighted by molar-refractivity contribution is 7.89. The van der Waals surface area contributed by atoms with E-state index >= 15 is 0 Å². The molecule has 0 aromatic heterocycles. The Kier molecular flexibility index (Phi) is 9.28. The minimum Gasteiger partial charge on any atom is -0.383 e. The van der Waals surface area contributed by atoms with Crippen LogP contribution in [0.25, 0.3) is 0 Å². The first-order chi connectivity index (χ1) is 14.2. The van der Waals surface area contributed by atoms with Crippen molar-refractivity contribution in [2.24, 2.45) is 11.8 Å². The van der Waals surface area contributed by atoms with Gasteiger partial charge in [-0.1, -0.05) is 26.8 Å². The number of carbonyl (C=O) groups excluding carboxylic acids is 1. The van der Waals surface area contributed by atoms with Crippen LogP contribution < -0.4 is 10.0 Å². The Bertz CT molecular complexity index is 803. The van der Waals surface area contributed by atoms with Crippen molar-refractivity contribution in [3.63, 3.8) is 0 Å². The Balaban J connectivity index is 2.08. The van der Waals surface area contributed by atoms with Crippen molar-refractivity contribution in [2.45, 2.75) is 51.5 Å². The number of ether oxygens (including phenoxy) is 1. The third-order valence-electron chi connectivity index (χ3n) is 5.89.